The van der Waals surface area contributed by atoms with E-state index in [4.69, 9.17) is 21.4 Å². The maximum atomic E-state index is 6.19. The van der Waals surface area contributed by atoms with Crippen LogP contribution in [0.3, 0.4) is 0 Å². The van der Waals surface area contributed by atoms with Crippen molar-refractivity contribution in [3.8, 4) is 11.4 Å². The van der Waals surface area contributed by atoms with E-state index < -0.39 is 0 Å². The van der Waals surface area contributed by atoms with Gasteiger partial charge in [-0.25, -0.2) is 15.0 Å². The van der Waals surface area contributed by atoms with E-state index in [0.29, 0.717) is 17.2 Å². The van der Waals surface area contributed by atoms with Crippen molar-refractivity contribution in [2.75, 3.05) is 16.5 Å². The molecule has 5 rings (SSSR count). The highest BCUT2D eigenvalue weighted by Crippen LogP contribution is 2.39. The zero-order chi connectivity index (χ0) is 19.1. The standard InChI is InChI=1S/C21H18N6S/c22-14-6-7-16(23)15(12-14)20-25-17-9-11-28-19(17)21(26-20)27-18(8-10-24-27)13-4-2-1-3-5-13/h1-7,9-12,18H,8,22-23H2. The molecule has 0 amide bonds. The number of nitrogens with zero attached hydrogens (tertiary/aromatic N) is 4. The van der Waals surface area contributed by atoms with Gasteiger partial charge in [-0.3, -0.25) is 0 Å². The number of nitrogens with two attached hydrogens (primary N) is 2. The Kier molecular flexibility index (Phi) is 3.95. The predicted octanol–water partition coefficient (Wildman–Crippen LogP) is 4.46. The number of aromatic nitrogens is 2. The molecule has 0 saturated heterocycles. The van der Waals surface area contributed by atoms with E-state index in [1.807, 2.05) is 46.9 Å². The molecule has 0 saturated carbocycles. The minimum absolute atomic E-state index is 0.104. The van der Waals surface area contributed by atoms with Crippen LogP contribution in [-0.2, 0) is 0 Å². The van der Waals surface area contributed by atoms with Crippen molar-refractivity contribution in [1.29, 1.82) is 0 Å². The van der Waals surface area contributed by atoms with E-state index >= 15 is 0 Å². The van der Waals surface area contributed by atoms with E-state index in [1.54, 1.807) is 23.5 Å². The molecule has 7 heteroatoms. The number of fused-ring (bicyclic) bond motifs is 1. The molecule has 0 spiro atoms. The van der Waals surface area contributed by atoms with Gasteiger partial charge in [-0.2, -0.15) is 5.10 Å². The van der Waals surface area contributed by atoms with Crippen LogP contribution in [0.1, 0.15) is 18.0 Å². The Morgan fingerprint density at radius 1 is 1.00 bits per heavy atom. The second-order valence-electron chi connectivity index (χ2n) is 6.66. The Morgan fingerprint density at radius 3 is 2.71 bits per heavy atom. The number of hydrazone groups is 1. The van der Waals surface area contributed by atoms with Gasteiger partial charge in [-0.1, -0.05) is 30.3 Å². The predicted molar refractivity (Wildman–Crippen MR) is 116 cm³/mol. The monoisotopic (exact) mass is 386 g/mol. The second-order valence-corrected chi connectivity index (χ2v) is 7.57. The zero-order valence-electron chi connectivity index (χ0n) is 15.0. The Balaban J connectivity index is 1.68. The highest BCUT2D eigenvalue weighted by Gasteiger charge is 2.28. The SMILES string of the molecule is Nc1ccc(N)c(-c2nc(N3N=CCC3c3ccccc3)c3sccc3n2)c1. The molecule has 0 bridgehead atoms. The van der Waals surface area contributed by atoms with Crippen molar-refractivity contribution >= 4 is 45.0 Å². The second kappa shape index (κ2) is 6.61. The lowest BCUT2D eigenvalue weighted by Gasteiger charge is -2.24. The maximum Gasteiger partial charge on any atom is 0.171 e. The quantitative estimate of drug-likeness (QED) is 0.507. The number of rotatable bonds is 3. The van der Waals surface area contributed by atoms with E-state index in [1.165, 1.54) is 5.56 Å². The van der Waals surface area contributed by atoms with Gasteiger partial charge in [-0.15, -0.1) is 11.3 Å². The summed E-state index contributed by atoms with van der Waals surface area (Å²) >= 11 is 1.61. The van der Waals surface area contributed by atoms with Crippen LogP contribution >= 0.6 is 11.3 Å². The van der Waals surface area contributed by atoms with Crippen LogP contribution < -0.4 is 16.5 Å². The van der Waals surface area contributed by atoms with Gasteiger partial charge in [0.15, 0.2) is 11.6 Å². The highest BCUT2D eigenvalue weighted by atomic mass is 32.1. The Bertz CT molecular complexity index is 1180. The summed E-state index contributed by atoms with van der Waals surface area (Å²) in [6.45, 7) is 0. The minimum atomic E-state index is 0.104. The van der Waals surface area contributed by atoms with E-state index in [-0.39, 0.29) is 6.04 Å². The summed E-state index contributed by atoms with van der Waals surface area (Å²) in [5.74, 6) is 1.35. The summed E-state index contributed by atoms with van der Waals surface area (Å²) in [7, 11) is 0. The molecule has 0 aliphatic carbocycles. The molecule has 1 aliphatic heterocycles. The van der Waals surface area contributed by atoms with Gasteiger partial charge in [0.05, 0.1) is 16.3 Å². The van der Waals surface area contributed by atoms with Crippen LogP contribution in [0.15, 0.2) is 65.1 Å². The largest absolute Gasteiger partial charge is 0.399 e. The van der Waals surface area contributed by atoms with Gasteiger partial charge >= 0.3 is 0 Å². The lowest BCUT2D eigenvalue weighted by atomic mass is 10.0. The third-order valence-electron chi connectivity index (χ3n) is 4.84. The summed E-state index contributed by atoms with van der Waals surface area (Å²) in [6, 6.07) is 17.8. The molecule has 4 N–H and O–H groups in total. The fourth-order valence-corrected chi connectivity index (χ4v) is 4.27. The molecule has 6 nitrogen and oxygen atoms in total. The Labute approximate surface area is 166 Å². The van der Waals surface area contributed by atoms with Gasteiger partial charge in [0.1, 0.15) is 0 Å². The number of thiophene rings is 1. The molecule has 0 radical (unpaired) electrons. The molecular formula is C21H18N6S. The minimum Gasteiger partial charge on any atom is -0.399 e. The first-order valence-corrected chi connectivity index (χ1v) is 9.86. The van der Waals surface area contributed by atoms with Crippen molar-refractivity contribution in [2.45, 2.75) is 12.5 Å². The van der Waals surface area contributed by atoms with E-state index in [0.717, 1.165) is 28.0 Å². The molecule has 1 unspecified atom stereocenters. The first-order valence-electron chi connectivity index (χ1n) is 8.98. The zero-order valence-corrected chi connectivity index (χ0v) is 15.8. The Morgan fingerprint density at radius 2 is 1.86 bits per heavy atom. The molecule has 138 valence electrons. The highest BCUT2D eigenvalue weighted by molar-refractivity contribution is 7.17. The van der Waals surface area contributed by atoms with Crippen molar-refractivity contribution in [1.82, 2.24) is 9.97 Å². The molecule has 0 fully saturated rings. The maximum absolute atomic E-state index is 6.19. The summed E-state index contributed by atoms with van der Waals surface area (Å²) in [6.07, 6.45) is 2.77. The number of nitrogen functional groups attached to an aromatic ring is 2. The molecule has 3 heterocycles. The van der Waals surface area contributed by atoms with Gasteiger partial charge in [-0.05, 0) is 35.2 Å². The summed E-state index contributed by atoms with van der Waals surface area (Å²) < 4.78 is 1.01. The molecule has 28 heavy (non-hydrogen) atoms. The van der Waals surface area contributed by atoms with E-state index in [2.05, 4.69) is 17.2 Å². The Hall–Kier alpha value is -3.45. The first kappa shape index (κ1) is 16.7. The van der Waals surface area contributed by atoms with Crippen LogP contribution in [0.25, 0.3) is 21.6 Å². The van der Waals surface area contributed by atoms with Crippen LogP contribution in [0.5, 0.6) is 0 Å². The van der Waals surface area contributed by atoms with Gasteiger partial charge in [0.25, 0.3) is 0 Å². The van der Waals surface area contributed by atoms with Crippen LogP contribution in [0.2, 0.25) is 0 Å². The molecule has 4 aromatic rings. The van der Waals surface area contributed by atoms with Gasteiger partial charge in [0.2, 0.25) is 0 Å². The number of anilines is 3. The smallest absolute Gasteiger partial charge is 0.171 e. The molecule has 1 atom stereocenters. The third kappa shape index (κ3) is 2.76. The first-order chi connectivity index (χ1) is 13.7. The van der Waals surface area contributed by atoms with Crippen LogP contribution in [-0.4, -0.2) is 16.2 Å². The number of hydrogen-bond donors (Lipinski definition) is 2. The molecule has 2 aromatic heterocycles. The van der Waals surface area contributed by atoms with Gasteiger partial charge in [0, 0.05) is 29.6 Å². The average Bonchev–Trinajstić information content (AvgIpc) is 3.39. The molecular weight excluding hydrogens is 368 g/mol. The summed E-state index contributed by atoms with van der Waals surface area (Å²) in [4.78, 5) is 9.60. The van der Waals surface area contributed by atoms with Crippen LogP contribution in [0, 0.1) is 0 Å². The molecule has 2 aromatic carbocycles. The normalized spacial score (nSPS) is 16.1. The lowest BCUT2D eigenvalue weighted by Crippen LogP contribution is -2.20. The summed E-state index contributed by atoms with van der Waals surface area (Å²) in [5.41, 5.74) is 16.2. The van der Waals surface area contributed by atoms with Crippen molar-refractivity contribution in [3.05, 3.63) is 65.5 Å². The van der Waals surface area contributed by atoms with Crippen molar-refractivity contribution in [3.63, 3.8) is 0 Å². The van der Waals surface area contributed by atoms with Crippen molar-refractivity contribution < 1.29 is 0 Å². The average molecular weight is 386 g/mol. The topological polar surface area (TPSA) is 93.4 Å². The van der Waals surface area contributed by atoms with Gasteiger partial charge < -0.3 is 11.5 Å². The summed E-state index contributed by atoms with van der Waals surface area (Å²) in [5, 5.41) is 8.65. The fourth-order valence-electron chi connectivity index (χ4n) is 3.46. The number of benzene rings is 2. The third-order valence-corrected chi connectivity index (χ3v) is 5.73. The van der Waals surface area contributed by atoms with Crippen LogP contribution in [0.4, 0.5) is 17.2 Å². The fraction of sp³-hybridized carbons (Fsp3) is 0.0952. The lowest BCUT2D eigenvalue weighted by molar-refractivity contribution is 0.702. The molecule has 1 aliphatic rings. The van der Waals surface area contributed by atoms with E-state index in [9.17, 15) is 0 Å². The number of hydrogen-bond acceptors (Lipinski definition) is 7. The van der Waals surface area contributed by atoms with Crippen molar-refractivity contribution in [2.24, 2.45) is 5.10 Å².